The third-order valence-electron chi connectivity index (χ3n) is 3.68. The van der Waals surface area contributed by atoms with Crippen molar-refractivity contribution in [2.45, 2.75) is 59.8 Å². The van der Waals surface area contributed by atoms with E-state index in [9.17, 15) is 4.79 Å². The lowest BCUT2D eigenvalue weighted by Gasteiger charge is -2.18. The summed E-state index contributed by atoms with van der Waals surface area (Å²) in [5.41, 5.74) is 0.0312. The Kier molecular flexibility index (Phi) is 3.47. The van der Waals surface area contributed by atoms with Gasteiger partial charge in [-0.15, -0.1) is 0 Å². The summed E-state index contributed by atoms with van der Waals surface area (Å²) in [6, 6.07) is 0. The van der Waals surface area contributed by atoms with E-state index in [4.69, 9.17) is 5.11 Å². The molecule has 0 spiro atoms. The Morgan fingerprint density at radius 3 is 2.27 bits per heavy atom. The van der Waals surface area contributed by atoms with Crippen LogP contribution in [0.25, 0.3) is 0 Å². The van der Waals surface area contributed by atoms with Crippen molar-refractivity contribution in [3.05, 3.63) is 0 Å². The molecule has 1 aliphatic rings. The molecule has 1 aliphatic carbocycles. The Balaban J connectivity index is 2.23. The first kappa shape index (κ1) is 12.5. The van der Waals surface area contributed by atoms with Gasteiger partial charge in [0.2, 0.25) is 0 Å². The van der Waals surface area contributed by atoms with Crippen LogP contribution in [-0.4, -0.2) is 11.1 Å². The Morgan fingerprint density at radius 1 is 1.40 bits per heavy atom. The first-order valence-electron chi connectivity index (χ1n) is 6.01. The summed E-state index contributed by atoms with van der Waals surface area (Å²) >= 11 is 0. The molecule has 2 nitrogen and oxygen atoms in total. The van der Waals surface area contributed by atoms with Gasteiger partial charge in [0.05, 0.1) is 5.41 Å². The lowest BCUT2D eigenvalue weighted by atomic mass is 9.87. The maximum absolute atomic E-state index is 11.1. The Hall–Kier alpha value is -0.530. The first-order chi connectivity index (χ1) is 6.78. The Bertz CT molecular complexity index is 239. The first-order valence-corrected chi connectivity index (χ1v) is 6.01. The summed E-state index contributed by atoms with van der Waals surface area (Å²) in [5.74, 6) is -0.185. The van der Waals surface area contributed by atoms with Gasteiger partial charge in [0.25, 0.3) is 0 Å². The smallest absolute Gasteiger partial charge is 0.309 e. The van der Waals surface area contributed by atoms with Gasteiger partial charge in [-0.3, -0.25) is 4.79 Å². The van der Waals surface area contributed by atoms with Crippen molar-refractivity contribution in [1.29, 1.82) is 0 Å². The van der Waals surface area contributed by atoms with Gasteiger partial charge >= 0.3 is 5.97 Å². The molecule has 15 heavy (non-hydrogen) atoms. The number of carbonyl (C=O) groups is 1. The molecular weight excluding hydrogens is 188 g/mol. The molecule has 1 fully saturated rings. The van der Waals surface area contributed by atoms with Gasteiger partial charge in [-0.2, -0.15) is 0 Å². The van der Waals surface area contributed by atoms with Gasteiger partial charge in [-0.25, -0.2) is 0 Å². The van der Waals surface area contributed by atoms with Gasteiger partial charge in [0.15, 0.2) is 0 Å². The number of carboxylic acids is 1. The van der Waals surface area contributed by atoms with Crippen LogP contribution in [0, 0.1) is 16.7 Å². The lowest BCUT2D eigenvalue weighted by molar-refractivity contribution is -0.144. The maximum Gasteiger partial charge on any atom is 0.309 e. The van der Waals surface area contributed by atoms with Gasteiger partial charge in [-0.05, 0) is 30.6 Å². The molecule has 0 aromatic rings. The van der Waals surface area contributed by atoms with E-state index in [1.807, 2.05) is 0 Å². The van der Waals surface area contributed by atoms with E-state index >= 15 is 0 Å². The highest BCUT2D eigenvalue weighted by atomic mass is 16.4. The largest absolute Gasteiger partial charge is 0.481 e. The molecule has 1 N–H and O–H groups in total. The molecule has 0 aromatic carbocycles. The molecular formula is C13H24O2. The molecule has 0 bridgehead atoms. The van der Waals surface area contributed by atoms with Gasteiger partial charge in [-0.1, -0.05) is 40.5 Å². The molecule has 0 saturated heterocycles. The minimum absolute atomic E-state index is 0.349. The van der Waals surface area contributed by atoms with E-state index in [1.54, 1.807) is 0 Å². The molecule has 88 valence electrons. The fourth-order valence-electron chi connectivity index (χ4n) is 2.34. The predicted molar refractivity (Wildman–Crippen MR) is 61.8 cm³/mol. The van der Waals surface area contributed by atoms with E-state index in [-0.39, 0.29) is 5.41 Å². The number of rotatable bonds is 5. The molecule has 2 unspecified atom stereocenters. The van der Waals surface area contributed by atoms with Crippen LogP contribution in [0.3, 0.4) is 0 Å². The fraction of sp³-hybridized carbons (Fsp3) is 0.923. The summed E-state index contributed by atoms with van der Waals surface area (Å²) < 4.78 is 0. The van der Waals surface area contributed by atoms with E-state index in [2.05, 4.69) is 27.7 Å². The van der Waals surface area contributed by atoms with Crippen LogP contribution in [0.1, 0.15) is 59.8 Å². The number of carboxylic acid groups (broad SMARTS) is 1. The van der Waals surface area contributed by atoms with Gasteiger partial charge in [0.1, 0.15) is 0 Å². The third kappa shape index (κ3) is 3.22. The average molecular weight is 212 g/mol. The third-order valence-corrected chi connectivity index (χ3v) is 3.68. The van der Waals surface area contributed by atoms with E-state index in [1.165, 1.54) is 6.42 Å². The highest BCUT2D eigenvalue weighted by Crippen LogP contribution is 2.56. The second-order valence-electron chi connectivity index (χ2n) is 6.33. The topological polar surface area (TPSA) is 37.3 Å². The molecule has 0 aromatic heterocycles. The number of unbranched alkanes of at least 4 members (excludes halogenated alkanes) is 1. The van der Waals surface area contributed by atoms with Crippen molar-refractivity contribution in [3.8, 4) is 0 Å². The molecule has 0 heterocycles. The summed E-state index contributed by atoms with van der Waals surface area (Å²) in [7, 11) is 0. The van der Waals surface area contributed by atoms with Crippen LogP contribution in [0.2, 0.25) is 0 Å². The van der Waals surface area contributed by atoms with Crippen LogP contribution < -0.4 is 0 Å². The zero-order valence-corrected chi connectivity index (χ0v) is 10.5. The Morgan fingerprint density at radius 2 is 1.93 bits per heavy atom. The lowest BCUT2D eigenvalue weighted by Crippen LogP contribution is -2.17. The summed E-state index contributed by atoms with van der Waals surface area (Å²) in [4.78, 5) is 11.1. The molecule has 1 saturated carbocycles. The van der Waals surface area contributed by atoms with Crippen LogP contribution in [0.15, 0.2) is 0 Å². The van der Waals surface area contributed by atoms with Crippen molar-refractivity contribution in [3.63, 3.8) is 0 Å². The molecule has 2 heteroatoms. The van der Waals surface area contributed by atoms with Crippen LogP contribution in [0.4, 0.5) is 0 Å². The second-order valence-corrected chi connectivity index (χ2v) is 6.33. The molecule has 0 amide bonds. The van der Waals surface area contributed by atoms with Crippen molar-refractivity contribution in [1.82, 2.24) is 0 Å². The number of hydrogen-bond donors (Lipinski definition) is 1. The van der Waals surface area contributed by atoms with Gasteiger partial charge in [0, 0.05) is 0 Å². The van der Waals surface area contributed by atoms with Crippen molar-refractivity contribution >= 4 is 5.97 Å². The summed E-state index contributed by atoms with van der Waals surface area (Å²) in [6.45, 7) is 8.76. The van der Waals surface area contributed by atoms with Crippen LogP contribution in [0.5, 0.6) is 0 Å². The highest BCUT2D eigenvalue weighted by Gasteiger charge is 2.56. The minimum atomic E-state index is -0.578. The molecule has 0 radical (unpaired) electrons. The predicted octanol–water partition coefficient (Wildman–Crippen LogP) is 3.70. The quantitative estimate of drug-likeness (QED) is 0.705. The normalized spacial score (nSPS) is 30.3. The number of aliphatic carboxylic acids is 1. The van der Waals surface area contributed by atoms with E-state index < -0.39 is 5.97 Å². The maximum atomic E-state index is 11.1. The van der Waals surface area contributed by atoms with E-state index in [0.717, 1.165) is 25.7 Å². The minimum Gasteiger partial charge on any atom is -0.481 e. The van der Waals surface area contributed by atoms with Crippen LogP contribution >= 0.6 is 0 Å². The van der Waals surface area contributed by atoms with Crippen LogP contribution in [-0.2, 0) is 4.79 Å². The fourth-order valence-corrected chi connectivity index (χ4v) is 2.34. The molecule has 0 aliphatic heterocycles. The molecule has 1 rings (SSSR count). The summed E-state index contributed by atoms with van der Waals surface area (Å²) in [5, 5.41) is 9.13. The zero-order chi connectivity index (χ0) is 11.7. The summed E-state index contributed by atoms with van der Waals surface area (Å²) in [6.07, 6.45) is 5.17. The van der Waals surface area contributed by atoms with Crippen molar-refractivity contribution in [2.75, 3.05) is 0 Å². The standard InChI is InChI=1S/C13H24O2/c1-10-9-13(10,11(14)15)8-6-5-7-12(2,3)4/h10H,5-9H2,1-4H3,(H,14,15). The van der Waals surface area contributed by atoms with E-state index in [0.29, 0.717) is 11.3 Å². The van der Waals surface area contributed by atoms with Crippen molar-refractivity contribution < 1.29 is 9.90 Å². The monoisotopic (exact) mass is 212 g/mol. The zero-order valence-electron chi connectivity index (χ0n) is 10.5. The van der Waals surface area contributed by atoms with Gasteiger partial charge < -0.3 is 5.11 Å². The van der Waals surface area contributed by atoms with Crippen molar-refractivity contribution in [2.24, 2.45) is 16.7 Å². The average Bonchev–Trinajstić information content (AvgIpc) is 2.71. The molecule has 2 atom stereocenters. The highest BCUT2D eigenvalue weighted by molar-refractivity contribution is 5.78. The second kappa shape index (κ2) is 4.15. The Labute approximate surface area is 93.1 Å². The SMILES string of the molecule is CC1CC1(CCCCC(C)(C)C)C(=O)O. The number of hydrogen-bond acceptors (Lipinski definition) is 1.